The van der Waals surface area contributed by atoms with E-state index in [4.69, 9.17) is 4.74 Å². The lowest BCUT2D eigenvalue weighted by Crippen LogP contribution is -2.50. The van der Waals surface area contributed by atoms with Gasteiger partial charge in [-0.05, 0) is 36.4 Å². The molecule has 3 heterocycles. The fraction of sp³-hybridized carbons (Fsp3) is 0.304. The molecule has 3 aromatic rings. The fourth-order valence-corrected chi connectivity index (χ4v) is 4.28. The highest BCUT2D eigenvalue weighted by Gasteiger charge is 2.34. The van der Waals surface area contributed by atoms with Crippen molar-refractivity contribution in [2.24, 2.45) is 0 Å². The Hall–Kier alpha value is -4.15. The number of ether oxygens (including phenoxy) is 1. The number of anilines is 2. The first-order valence-corrected chi connectivity index (χ1v) is 10.9. The van der Waals surface area contributed by atoms with E-state index in [1.165, 1.54) is 11.0 Å². The molecule has 0 radical (unpaired) electrons. The number of para-hydroxylation sites is 1. The third-order valence-electron chi connectivity index (χ3n) is 6.12. The van der Waals surface area contributed by atoms with Crippen molar-refractivity contribution < 1.29 is 18.7 Å². The van der Waals surface area contributed by atoms with Gasteiger partial charge in [-0.25, -0.2) is 18.7 Å². The van der Waals surface area contributed by atoms with Crippen molar-refractivity contribution in [3.8, 4) is 5.75 Å². The number of hydrogen-bond donors (Lipinski definition) is 0. The molecule has 2 amide bonds. The van der Waals surface area contributed by atoms with Gasteiger partial charge in [0.25, 0.3) is 0 Å². The second kappa shape index (κ2) is 8.65. The molecule has 0 atom stereocenters. The van der Waals surface area contributed by atoms with Gasteiger partial charge in [0.05, 0.1) is 19.3 Å². The van der Waals surface area contributed by atoms with E-state index in [0.717, 1.165) is 9.25 Å². The standard InChI is InChI=1S/C23H23FN6O4/c1-34-17-8-6-16(7-9-17)28-14-20-25-29(23(33)30(20)22(28)32)15-21(31)27-12-10-26(11-13-27)19-5-3-2-4-18(19)24/h2-9H,10-15H2,1H3. The van der Waals surface area contributed by atoms with Crippen LogP contribution in [-0.2, 0) is 17.9 Å². The van der Waals surface area contributed by atoms with Crippen molar-refractivity contribution in [3.63, 3.8) is 0 Å². The molecule has 2 aliphatic heterocycles. The summed E-state index contributed by atoms with van der Waals surface area (Å²) in [5, 5.41) is 4.23. The van der Waals surface area contributed by atoms with Gasteiger partial charge in [-0.3, -0.25) is 9.69 Å². The molecule has 1 aromatic heterocycles. The molecule has 2 aromatic carbocycles. The van der Waals surface area contributed by atoms with Crippen LogP contribution in [-0.4, -0.2) is 64.5 Å². The van der Waals surface area contributed by atoms with Crippen LogP contribution >= 0.6 is 0 Å². The van der Waals surface area contributed by atoms with Crippen LogP contribution < -0.4 is 20.2 Å². The number of piperazine rings is 1. The number of amides is 2. The molecular weight excluding hydrogens is 443 g/mol. The first-order valence-electron chi connectivity index (χ1n) is 10.9. The van der Waals surface area contributed by atoms with Crippen molar-refractivity contribution >= 4 is 23.3 Å². The highest BCUT2D eigenvalue weighted by atomic mass is 19.1. The summed E-state index contributed by atoms with van der Waals surface area (Å²) in [5.74, 6) is 0.368. The van der Waals surface area contributed by atoms with Crippen molar-refractivity contribution in [1.29, 1.82) is 0 Å². The molecule has 1 saturated heterocycles. The minimum absolute atomic E-state index is 0.128. The number of halogens is 1. The predicted molar refractivity (Wildman–Crippen MR) is 122 cm³/mol. The molecule has 1 fully saturated rings. The number of carbonyl (C=O) groups excluding carboxylic acids is 2. The molecule has 0 N–H and O–H groups in total. The third kappa shape index (κ3) is 3.78. The average molecular weight is 466 g/mol. The molecule has 10 nitrogen and oxygen atoms in total. The van der Waals surface area contributed by atoms with Gasteiger partial charge in [0.15, 0.2) is 5.82 Å². The molecule has 2 aliphatic rings. The Bertz CT molecular complexity index is 1290. The van der Waals surface area contributed by atoms with E-state index in [0.29, 0.717) is 43.3 Å². The maximum absolute atomic E-state index is 14.0. The Labute approximate surface area is 194 Å². The van der Waals surface area contributed by atoms with Crippen LogP contribution in [0.15, 0.2) is 53.3 Å². The molecule has 11 heteroatoms. The number of fused-ring (bicyclic) bond motifs is 1. The predicted octanol–water partition coefficient (Wildman–Crippen LogP) is 1.53. The van der Waals surface area contributed by atoms with Crippen molar-refractivity contribution in [3.05, 3.63) is 70.7 Å². The number of nitrogens with zero attached hydrogens (tertiary/aromatic N) is 6. The van der Waals surface area contributed by atoms with Gasteiger partial charge in [-0.2, -0.15) is 9.67 Å². The van der Waals surface area contributed by atoms with Crippen LogP contribution in [0, 0.1) is 5.82 Å². The maximum atomic E-state index is 14.0. The highest BCUT2D eigenvalue weighted by Crippen LogP contribution is 2.25. The fourth-order valence-electron chi connectivity index (χ4n) is 4.28. The van der Waals surface area contributed by atoms with Crippen molar-refractivity contribution in [2.45, 2.75) is 13.1 Å². The minimum atomic E-state index is -0.644. The zero-order valence-corrected chi connectivity index (χ0v) is 18.6. The lowest BCUT2D eigenvalue weighted by Gasteiger charge is -2.36. The van der Waals surface area contributed by atoms with Crippen LogP contribution in [0.3, 0.4) is 0 Å². The number of methoxy groups -OCH3 is 1. The Morgan fingerprint density at radius 3 is 2.38 bits per heavy atom. The maximum Gasteiger partial charge on any atom is 0.354 e. The Balaban J connectivity index is 1.24. The van der Waals surface area contributed by atoms with Crippen LogP contribution in [0.25, 0.3) is 0 Å². The molecule has 0 bridgehead atoms. The van der Waals surface area contributed by atoms with E-state index < -0.39 is 11.7 Å². The van der Waals surface area contributed by atoms with Gasteiger partial charge in [0, 0.05) is 31.9 Å². The number of aromatic nitrogens is 3. The SMILES string of the molecule is COc1ccc(N2Cc3nn(CC(=O)N4CCN(c5ccccc5F)CC4)c(=O)n3C2=O)cc1. The van der Waals surface area contributed by atoms with Gasteiger partial charge < -0.3 is 14.5 Å². The summed E-state index contributed by atoms with van der Waals surface area (Å²) in [7, 11) is 1.55. The number of benzene rings is 2. The second-order valence-electron chi connectivity index (χ2n) is 8.08. The molecule has 176 valence electrons. The van der Waals surface area contributed by atoms with Crippen molar-refractivity contribution in [2.75, 3.05) is 43.1 Å². The van der Waals surface area contributed by atoms with Crippen LogP contribution in [0.1, 0.15) is 5.82 Å². The van der Waals surface area contributed by atoms with E-state index in [1.54, 1.807) is 54.5 Å². The largest absolute Gasteiger partial charge is 0.497 e. The first-order chi connectivity index (χ1) is 16.5. The van der Waals surface area contributed by atoms with E-state index in [9.17, 15) is 18.8 Å². The average Bonchev–Trinajstić information content (AvgIpc) is 3.35. The molecule has 0 unspecified atom stereocenters. The van der Waals surface area contributed by atoms with Crippen molar-refractivity contribution in [1.82, 2.24) is 19.2 Å². The molecule has 0 saturated carbocycles. The van der Waals surface area contributed by atoms with Crippen LogP contribution in [0.2, 0.25) is 0 Å². The summed E-state index contributed by atoms with van der Waals surface area (Å²) >= 11 is 0. The van der Waals surface area contributed by atoms with Crippen LogP contribution in [0.5, 0.6) is 5.75 Å². The zero-order valence-electron chi connectivity index (χ0n) is 18.6. The third-order valence-corrected chi connectivity index (χ3v) is 6.12. The van der Waals surface area contributed by atoms with E-state index in [1.807, 2.05) is 4.90 Å². The second-order valence-corrected chi connectivity index (χ2v) is 8.08. The molecule has 34 heavy (non-hydrogen) atoms. The summed E-state index contributed by atoms with van der Waals surface area (Å²) in [6.07, 6.45) is 0. The summed E-state index contributed by atoms with van der Waals surface area (Å²) in [6.45, 7) is 1.64. The lowest BCUT2D eigenvalue weighted by molar-refractivity contribution is -0.132. The van der Waals surface area contributed by atoms with Gasteiger partial charge in [-0.1, -0.05) is 12.1 Å². The summed E-state index contributed by atoms with van der Waals surface area (Å²) in [5.41, 5.74) is 0.483. The number of hydrogen-bond acceptors (Lipinski definition) is 6. The smallest absolute Gasteiger partial charge is 0.354 e. The quantitative estimate of drug-likeness (QED) is 0.566. The Morgan fingerprint density at radius 2 is 1.74 bits per heavy atom. The minimum Gasteiger partial charge on any atom is -0.497 e. The number of rotatable bonds is 5. The topological polar surface area (TPSA) is 92.9 Å². The first kappa shape index (κ1) is 21.7. The zero-order chi connectivity index (χ0) is 23.8. The highest BCUT2D eigenvalue weighted by molar-refractivity contribution is 5.96. The Kier molecular flexibility index (Phi) is 5.52. The van der Waals surface area contributed by atoms with Crippen LogP contribution in [0.4, 0.5) is 20.6 Å². The monoisotopic (exact) mass is 466 g/mol. The van der Waals surface area contributed by atoms with E-state index >= 15 is 0 Å². The number of carbonyl (C=O) groups is 2. The molecule has 0 spiro atoms. The van der Waals surface area contributed by atoms with E-state index in [-0.39, 0.29) is 30.6 Å². The summed E-state index contributed by atoms with van der Waals surface area (Å²) < 4.78 is 21.2. The van der Waals surface area contributed by atoms with Gasteiger partial charge in [0.1, 0.15) is 18.1 Å². The van der Waals surface area contributed by atoms with E-state index in [2.05, 4.69) is 5.10 Å². The van der Waals surface area contributed by atoms with Gasteiger partial charge in [0.2, 0.25) is 5.91 Å². The molecular formula is C23H23FN6O4. The summed E-state index contributed by atoms with van der Waals surface area (Å²) in [4.78, 5) is 43.4. The Morgan fingerprint density at radius 1 is 1.03 bits per heavy atom. The summed E-state index contributed by atoms with van der Waals surface area (Å²) in [6, 6.07) is 12.9. The lowest BCUT2D eigenvalue weighted by atomic mass is 10.2. The molecule has 5 rings (SSSR count). The normalized spacial score (nSPS) is 15.6. The van der Waals surface area contributed by atoms with Gasteiger partial charge in [-0.15, -0.1) is 0 Å². The van der Waals surface area contributed by atoms with Gasteiger partial charge >= 0.3 is 11.7 Å². The molecule has 0 aliphatic carbocycles.